The predicted octanol–water partition coefficient (Wildman–Crippen LogP) is 3.20. The molecular formula is C13H13BrN2O. The van der Waals surface area contributed by atoms with Gasteiger partial charge in [-0.15, -0.1) is 0 Å². The zero-order chi connectivity index (χ0) is 12.1. The Kier molecular flexibility index (Phi) is 3.98. The second-order valence-electron chi connectivity index (χ2n) is 3.69. The van der Waals surface area contributed by atoms with Gasteiger partial charge in [-0.05, 0) is 52.2 Å². The van der Waals surface area contributed by atoms with Crippen LogP contribution in [0.3, 0.4) is 0 Å². The highest BCUT2D eigenvalue weighted by molar-refractivity contribution is 9.10. The summed E-state index contributed by atoms with van der Waals surface area (Å²) in [6.07, 6.45) is 0.897. The number of aromatic hydroxyl groups is 1. The van der Waals surface area contributed by atoms with Gasteiger partial charge in [0.2, 0.25) is 0 Å². The first-order chi connectivity index (χ1) is 8.24. The largest absolute Gasteiger partial charge is 0.508 e. The number of phenols is 1. The van der Waals surface area contributed by atoms with Crippen LogP contribution >= 0.6 is 15.9 Å². The lowest BCUT2D eigenvalue weighted by Gasteiger charge is -2.05. The first kappa shape index (κ1) is 11.9. The third kappa shape index (κ3) is 3.75. The number of nitrogens with zero attached hydrogens (tertiary/aromatic N) is 1. The van der Waals surface area contributed by atoms with Crippen molar-refractivity contribution in [3.8, 4) is 5.75 Å². The van der Waals surface area contributed by atoms with Crippen LogP contribution in [-0.2, 0) is 6.42 Å². The van der Waals surface area contributed by atoms with Gasteiger partial charge in [0.1, 0.15) is 16.2 Å². The Morgan fingerprint density at radius 2 is 1.88 bits per heavy atom. The summed E-state index contributed by atoms with van der Waals surface area (Å²) in [7, 11) is 0. The quantitative estimate of drug-likeness (QED) is 0.851. The Hall–Kier alpha value is -1.55. The SMILES string of the molecule is Oc1ccc(CCNc2cccc(Br)n2)cc1. The Morgan fingerprint density at radius 3 is 2.59 bits per heavy atom. The van der Waals surface area contributed by atoms with E-state index in [4.69, 9.17) is 5.11 Å². The maximum absolute atomic E-state index is 9.16. The maximum Gasteiger partial charge on any atom is 0.127 e. The summed E-state index contributed by atoms with van der Waals surface area (Å²) in [5, 5.41) is 12.4. The molecule has 3 nitrogen and oxygen atoms in total. The summed E-state index contributed by atoms with van der Waals surface area (Å²) in [4.78, 5) is 4.28. The lowest BCUT2D eigenvalue weighted by molar-refractivity contribution is 0.475. The van der Waals surface area contributed by atoms with Gasteiger partial charge in [0.25, 0.3) is 0 Å². The van der Waals surface area contributed by atoms with Crippen molar-refractivity contribution in [1.82, 2.24) is 4.98 Å². The third-order valence-electron chi connectivity index (χ3n) is 2.37. The molecule has 0 radical (unpaired) electrons. The summed E-state index contributed by atoms with van der Waals surface area (Å²) in [5.74, 6) is 1.16. The first-order valence-electron chi connectivity index (χ1n) is 5.38. The minimum Gasteiger partial charge on any atom is -0.508 e. The summed E-state index contributed by atoms with van der Waals surface area (Å²) in [6, 6.07) is 13.0. The topological polar surface area (TPSA) is 45.1 Å². The average molecular weight is 293 g/mol. The van der Waals surface area contributed by atoms with Crippen molar-refractivity contribution in [2.75, 3.05) is 11.9 Å². The van der Waals surface area contributed by atoms with Crippen molar-refractivity contribution in [3.63, 3.8) is 0 Å². The van der Waals surface area contributed by atoms with E-state index in [1.165, 1.54) is 5.56 Å². The van der Waals surface area contributed by atoms with E-state index in [9.17, 15) is 0 Å². The van der Waals surface area contributed by atoms with Gasteiger partial charge in [-0.1, -0.05) is 18.2 Å². The minimum absolute atomic E-state index is 0.301. The highest BCUT2D eigenvalue weighted by Gasteiger charge is 1.96. The zero-order valence-electron chi connectivity index (χ0n) is 9.23. The van der Waals surface area contributed by atoms with Gasteiger partial charge in [-0.2, -0.15) is 0 Å². The number of halogens is 1. The van der Waals surface area contributed by atoms with Crippen molar-refractivity contribution >= 4 is 21.7 Å². The molecule has 2 N–H and O–H groups in total. The standard InChI is InChI=1S/C13H13BrN2O/c14-12-2-1-3-13(16-12)15-9-8-10-4-6-11(17)7-5-10/h1-7,17H,8-9H2,(H,15,16). The van der Waals surface area contributed by atoms with Crippen LogP contribution in [0.25, 0.3) is 0 Å². The molecule has 0 spiro atoms. The van der Waals surface area contributed by atoms with E-state index in [0.717, 1.165) is 23.4 Å². The van der Waals surface area contributed by atoms with Crippen LogP contribution < -0.4 is 5.32 Å². The van der Waals surface area contributed by atoms with Crippen LogP contribution in [0, 0.1) is 0 Å². The highest BCUT2D eigenvalue weighted by atomic mass is 79.9. The van der Waals surface area contributed by atoms with Gasteiger partial charge >= 0.3 is 0 Å². The molecule has 1 aromatic heterocycles. The van der Waals surface area contributed by atoms with Gasteiger partial charge in [0, 0.05) is 6.54 Å². The van der Waals surface area contributed by atoms with Crippen molar-refractivity contribution in [2.24, 2.45) is 0 Å². The number of benzene rings is 1. The average Bonchev–Trinajstić information content (AvgIpc) is 2.32. The zero-order valence-corrected chi connectivity index (χ0v) is 10.8. The molecule has 0 aliphatic rings. The summed E-state index contributed by atoms with van der Waals surface area (Å²) < 4.78 is 0.826. The number of hydrogen-bond donors (Lipinski definition) is 2. The molecule has 88 valence electrons. The second-order valence-corrected chi connectivity index (χ2v) is 4.50. The molecule has 0 amide bonds. The number of phenolic OH excluding ortho intramolecular Hbond substituents is 1. The molecule has 0 unspecified atom stereocenters. The van der Waals surface area contributed by atoms with Crippen LogP contribution in [-0.4, -0.2) is 16.6 Å². The predicted molar refractivity (Wildman–Crippen MR) is 72.2 cm³/mol. The van der Waals surface area contributed by atoms with E-state index >= 15 is 0 Å². The van der Waals surface area contributed by atoms with E-state index in [1.54, 1.807) is 12.1 Å². The maximum atomic E-state index is 9.16. The van der Waals surface area contributed by atoms with Crippen LogP contribution in [0.2, 0.25) is 0 Å². The summed E-state index contributed by atoms with van der Waals surface area (Å²) in [6.45, 7) is 0.814. The molecule has 2 rings (SSSR count). The molecule has 0 fully saturated rings. The van der Waals surface area contributed by atoms with E-state index < -0.39 is 0 Å². The van der Waals surface area contributed by atoms with Crippen LogP contribution in [0.4, 0.5) is 5.82 Å². The Labute approximate surface area is 109 Å². The lowest BCUT2D eigenvalue weighted by atomic mass is 10.1. The smallest absolute Gasteiger partial charge is 0.127 e. The molecule has 4 heteroatoms. The number of pyridine rings is 1. The van der Waals surface area contributed by atoms with Gasteiger partial charge in [0.05, 0.1) is 0 Å². The van der Waals surface area contributed by atoms with Gasteiger partial charge in [-0.3, -0.25) is 0 Å². The van der Waals surface area contributed by atoms with Crippen LogP contribution in [0.5, 0.6) is 5.75 Å². The summed E-state index contributed by atoms with van der Waals surface area (Å²) in [5.41, 5.74) is 1.19. The van der Waals surface area contributed by atoms with Gasteiger partial charge < -0.3 is 10.4 Å². The molecule has 0 saturated heterocycles. The fraction of sp³-hybridized carbons (Fsp3) is 0.154. The van der Waals surface area contributed by atoms with Crippen molar-refractivity contribution in [2.45, 2.75) is 6.42 Å². The molecule has 1 aromatic carbocycles. The Bertz CT molecular complexity index is 485. The molecule has 2 aromatic rings. The third-order valence-corrected chi connectivity index (χ3v) is 2.81. The van der Waals surface area contributed by atoms with Crippen LogP contribution in [0.15, 0.2) is 47.1 Å². The van der Waals surface area contributed by atoms with Crippen LogP contribution in [0.1, 0.15) is 5.56 Å². The normalized spacial score (nSPS) is 10.2. The van der Waals surface area contributed by atoms with E-state index in [0.29, 0.717) is 5.75 Å². The second kappa shape index (κ2) is 5.68. The van der Waals surface area contributed by atoms with E-state index in [1.807, 2.05) is 30.3 Å². The van der Waals surface area contributed by atoms with Gasteiger partial charge in [-0.25, -0.2) is 4.98 Å². The fourth-order valence-corrected chi connectivity index (χ4v) is 1.85. The molecule has 0 aliphatic heterocycles. The van der Waals surface area contributed by atoms with Crippen molar-refractivity contribution < 1.29 is 5.11 Å². The monoisotopic (exact) mass is 292 g/mol. The Morgan fingerprint density at radius 1 is 1.12 bits per heavy atom. The van der Waals surface area contributed by atoms with Gasteiger partial charge in [0.15, 0.2) is 0 Å². The number of aromatic nitrogens is 1. The highest BCUT2D eigenvalue weighted by Crippen LogP contribution is 2.12. The van der Waals surface area contributed by atoms with E-state index in [-0.39, 0.29) is 0 Å². The molecular weight excluding hydrogens is 280 g/mol. The minimum atomic E-state index is 0.301. The first-order valence-corrected chi connectivity index (χ1v) is 6.18. The van der Waals surface area contributed by atoms with Crippen molar-refractivity contribution in [3.05, 3.63) is 52.6 Å². The number of hydrogen-bond acceptors (Lipinski definition) is 3. The van der Waals surface area contributed by atoms with E-state index in [2.05, 4.69) is 26.2 Å². The number of nitrogens with one attached hydrogen (secondary N) is 1. The molecule has 17 heavy (non-hydrogen) atoms. The molecule has 0 saturated carbocycles. The van der Waals surface area contributed by atoms with Crippen molar-refractivity contribution in [1.29, 1.82) is 0 Å². The molecule has 0 atom stereocenters. The number of anilines is 1. The Balaban J connectivity index is 1.85. The molecule has 0 aliphatic carbocycles. The molecule has 1 heterocycles. The molecule has 0 bridgehead atoms. The lowest BCUT2D eigenvalue weighted by Crippen LogP contribution is -2.06. The summed E-state index contributed by atoms with van der Waals surface area (Å²) >= 11 is 3.33. The fourth-order valence-electron chi connectivity index (χ4n) is 1.50. The number of rotatable bonds is 4.